The Hall–Kier alpha value is -1.81. The molecule has 4 nitrogen and oxygen atoms in total. The first-order chi connectivity index (χ1) is 10.5. The molecule has 1 saturated heterocycles. The van der Waals surface area contributed by atoms with Crippen molar-refractivity contribution in [3.63, 3.8) is 0 Å². The number of ether oxygens (including phenoxy) is 1. The van der Waals surface area contributed by atoms with E-state index < -0.39 is 0 Å². The van der Waals surface area contributed by atoms with Gasteiger partial charge in [0, 0.05) is 37.2 Å². The van der Waals surface area contributed by atoms with Gasteiger partial charge >= 0.3 is 5.63 Å². The van der Waals surface area contributed by atoms with Crippen molar-refractivity contribution in [1.29, 1.82) is 0 Å². The van der Waals surface area contributed by atoms with Gasteiger partial charge in [0.2, 0.25) is 0 Å². The highest BCUT2D eigenvalue weighted by atomic mass is 16.5. The van der Waals surface area contributed by atoms with Crippen molar-refractivity contribution >= 4 is 11.0 Å². The molecular weight excluding hydrogens is 278 g/mol. The first-order valence-corrected chi connectivity index (χ1v) is 7.88. The number of nitrogens with zero attached hydrogens (tertiary/aromatic N) is 1. The third kappa shape index (κ3) is 3.17. The van der Waals surface area contributed by atoms with Gasteiger partial charge in [0.15, 0.2) is 0 Å². The molecule has 22 heavy (non-hydrogen) atoms. The average molecular weight is 301 g/mol. The van der Waals surface area contributed by atoms with Gasteiger partial charge in [0.1, 0.15) is 11.3 Å². The maximum atomic E-state index is 11.8. The van der Waals surface area contributed by atoms with E-state index in [2.05, 4.69) is 18.7 Å². The third-order valence-electron chi connectivity index (χ3n) is 4.38. The maximum absolute atomic E-state index is 11.8. The molecule has 0 saturated carbocycles. The molecule has 2 heterocycles. The molecule has 118 valence electrons. The van der Waals surface area contributed by atoms with Crippen LogP contribution in [-0.2, 0) is 6.54 Å². The number of likely N-dealkylation sites (tertiary alicyclic amines) is 1. The Labute approximate surface area is 130 Å². The Morgan fingerprint density at radius 3 is 2.64 bits per heavy atom. The van der Waals surface area contributed by atoms with Gasteiger partial charge in [0.25, 0.3) is 0 Å². The van der Waals surface area contributed by atoms with Gasteiger partial charge in [-0.1, -0.05) is 13.8 Å². The number of rotatable bonds is 3. The van der Waals surface area contributed by atoms with Crippen molar-refractivity contribution in [3.05, 3.63) is 40.2 Å². The Kier molecular flexibility index (Phi) is 4.21. The molecule has 2 atom stereocenters. The standard InChI is InChI=1S/C18H23NO3/c1-12-6-13(2)10-19(9-12)11-14-7-18(20)22-17-8-15(21-3)4-5-16(14)17/h4-5,7-8,12-13H,6,9-11H2,1-3H3/t12-,13-/m1/s1. The summed E-state index contributed by atoms with van der Waals surface area (Å²) < 4.78 is 10.5. The molecule has 0 amide bonds. The number of hydrogen-bond acceptors (Lipinski definition) is 4. The van der Waals surface area contributed by atoms with Crippen LogP contribution >= 0.6 is 0 Å². The minimum atomic E-state index is -0.297. The molecular formula is C18H23NO3. The van der Waals surface area contributed by atoms with Gasteiger partial charge in [-0.3, -0.25) is 4.90 Å². The summed E-state index contributed by atoms with van der Waals surface area (Å²) in [7, 11) is 1.61. The smallest absolute Gasteiger partial charge is 0.336 e. The lowest BCUT2D eigenvalue weighted by Crippen LogP contribution is -2.38. The third-order valence-corrected chi connectivity index (χ3v) is 4.38. The first-order valence-electron chi connectivity index (χ1n) is 7.88. The van der Waals surface area contributed by atoms with Crippen molar-refractivity contribution in [1.82, 2.24) is 4.90 Å². The highest BCUT2D eigenvalue weighted by molar-refractivity contribution is 5.81. The summed E-state index contributed by atoms with van der Waals surface area (Å²) in [6.07, 6.45) is 1.28. The van der Waals surface area contributed by atoms with Crippen LogP contribution < -0.4 is 10.4 Å². The van der Waals surface area contributed by atoms with Crippen LogP contribution in [0.3, 0.4) is 0 Å². The first kappa shape index (κ1) is 15.1. The molecule has 1 aromatic carbocycles. The quantitative estimate of drug-likeness (QED) is 0.816. The zero-order chi connectivity index (χ0) is 15.7. The Bertz CT molecular complexity index is 712. The second kappa shape index (κ2) is 6.13. The predicted molar refractivity (Wildman–Crippen MR) is 87.3 cm³/mol. The van der Waals surface area contributed by atoms with Gasteiger partial charge < -0.3 is 9.15 Å². The highest BCUT2D eigenvalue weighted by Crippen LogP contribution is 2.26. The lowest BCUT2D eigenvalue weighted by atomic mass is 9.91. The van der Waals surface area contributed by atoms with Crippen LogP contribution in [0.25, 0.3) is 11.0 Å². The number of methoxy groups -OCH3 is 1. The summed E-state index contributed by atoms with van der Waals surface area (Å²) in [6.45, 7) is 7.56. The van der Waals surface area contributed by atoms with E-state index in [1.807, 2.05) is 12.1 Å². The van der Waals surface area contributed by atoms with Crippen LogP contribution in [0.1, 0.15) is 25.8 Å². The second-order valence-electron chi connectivity index (χ2n) is 6.59. The number of benzene rings is 1. The summed E-state index contributed by atoms with van der Waals surface area (Å²) in [6, 6.07) is 7.29. The summed E-state index contributed by atoms with van der Waals surface area (Å²) in [5.41, 5.74) is 1.34. The Balaban J connectivity index is 1.94. The van der Waals surface area contributed by atoms with Crippen LogP contribution in [0.5, 0.6) is 5.75 Å². The van der Waals surface area contributed by atoms with E-state index in [1.54, 1.807) is 19.2 Å². The van der Waals surface area contributed by atoms with E-state index in [1.165, 1.54) is 6.42 Å². The summed E-state index contributed by atoms with van der Waals surface area (Å²) in [5, 5.41) is 0.992. The molecule has 0 spiro atoms. The average Bonchev–Trinajstić information content (AvgIpc) is 2.45. The van der Waals surface area contributed by atoms with Crippen molar-refractivity contribution in [2.45, 2.75) is 26.8 Å². The van der Waals surface area contributed by atoms with Crippen LogP contribution in [0.4, 0.5) is 0 Å². The van der Waals surface area contributed by atoms with Gasteiger partial charge in [-0.25, -0.2) is 4.79 Å². The molecule has 0 aliphatic carbocycles. The number of piperidine rings is 1. The minimum absolute atomic E-state index is 0.297. The van der Waals surface area contributed by atoms with Crippen LogP contribution in [0, 0.1) is 11.8 Å². The zero-order valence-corrected chi connectivity index (χ0v) is 13.5. The van der Waals surface area contributed by atoms with E-state index in [-0.39, 0.29) is 5.63 Å². The highest BCUT2D eigenvalue weighted by Gasteiger charge is 2.22. The van der Waals surface area contributed by atoms with Crippen LogP contribution in [0.15, 0.2) is 33.5 Å². The van der Waals surface area contributed by atoms with E-state index >= 15 is 0 Å². The van der Waals surface area contributed by atoms with E-state index in [4.69, 9.17) is 9.15 Å². The topological polar surface area (TPSA) is 42.7 Å². The van der Waals surface area contributed by atoms with E-state index in [0.717, 1.165) is 30.6 Å². The predicted octanol–water partition coefficient (Wildman–Crippen LogP) is 3.28. The van der Waals surface area contributed by atoms with E-state index in [0.29, 0.717) is 23.2 Å². The Morgan fingerprint density at radius 2 is 1.95 bits per heavy atom. The largest absolute Gasteiger partial charge is 0.497 e. The molecule has 0 unspecified atom stereocenters. The lowest BCUT2D eigenvalue weighted by molar-refractivity contribution is 0.134. The fourth-order valence-electron chi connectivity index (χ4n) is 3.63. The molecule has 3 rings (SSSR count). The zero-order valence-electron chi connectivity index (χ0n) is 13.5. The van der Waals surface area contributed by atoms with Crippen molar-refractivity contribution in [3.8, 4) is 5.75 Å². The number of fused-ring (bicyclic) bond motifs is 1. The monoisotopic (exact) mass is 301 g/mol. The Morgan fingerprint density at radius 1 is 1.23 bits per heavy atom. The van der Waals surface area contributed by atoms with Gasteiger partial charge in [-0.2, -0.15) is 0 Å². The molecule has 0 bridgehead atoms. The SMILES string of the molecule is COc1ccc2c(CN3C[C@H](C)C[C@@H](C)C3)cc(=O)oc2c1. The normalized spacial score (nSPS) is 22.9. The second-order valence-corrected chi connectivity index (χ2v) is 6.59. The molecule has 0 radical (unpaired) electrons. The molecule has 0 N–H and O–H groups in total. The summed E-state index contributed by atoms with van der Waals surface area (Å²) >= 11 is 0. The lowest BCUT2D eigenvalue weighted by Gasteiger charge is -2.35. The van der Waals surface area contributed by atoms with Crippen molar-refractivity contribution in [2.24, 2.45) is 11.8 Å². The minimum Gasteiger partial charge on any atom is -0.497 e. The molecule has 1 aromatic heterocycles. The fourth-order valence-corrected chi connectivity index (χ4v) is 3.63. The van der Waals surface area contributed by atoms with Gasteiger partial charge in [0.05, 0.1) is 7.11 Å². The fraction of sp³-hybridized carbons (Fsp3) is 0.500. The molecule has 1 fully saturated rings. The van der Waals surface area contributed by atoms with Crippen molar-refractivity contribution in [2.75, 3.05) is 20.2 Å². The van der Waals surface area contributed by atoms with Crippen LogP contribution in [0.2, 0.25) is 0 Å². The maximum Gasteiger partial charge on any atom is 0.336 e. The van der Waals surface area contributed by atoms with Crippen molar-refractivity contribution < 1.29 is 9.15 Å². The molecule has 1 aliphatic heterocycles. The van der Waals surface area contributed by atoms with Gasteiger partial charge in [-0.05, 0) is 36.0 Å². The molecule has 1 aliphatic rings. The van der Waals surface area contributed by atoms with Crippen LogP contribution in [-0.4, -0.2) is 25.1 Å². The summed E-state index contributed by atoms with van der Waals surface area (Å²) in [4.78, 5) is 14.3. The van der Waals surface area contributed by atoms with E-state index in [9.17, 15) is 4.79 Å². The molecule has 2 aromatic rings. The van der Waals surface area contributed by atoms with Gasteiger partial charge in [-0.15, -0.1) is 0 Å². The summed E-state index contributed by atoms with van der Waals surface area (Å²) in [5.74, 6) is 2.11. The number of hydrogen-bond donors (Lipinski definition) is 0. The molecule has 4 heteroatoms.